The summed E-state index contributed by atoms with van der Waals surface area (Å²) in [6.07, 6.45) is 6.26. The molecule has 0 fully saturated rings. The van der Waals surface area contributed by atoms with E-state index in [-0.39, 0.29) is 5.56 Å². The molecule has 0 heterocycles. The molecule has 0 unspecified atom stereocenters. The molecule has 0 aliphatic carbocycles. The zero-order chi connectivity index (χ0) is 18.9. The lowest BCUT2D eigenvalue weighted by Crippen LogP contribution is -2.07. The molecule has 0 bridgehead atoms. The molecule has 0 spiro atoms. The van der Waals surface area contributed by atoms with Gasteiger partial charge in [-0.05, 0) is 31.4 Å². The van der Waals surface area contributed by atoms with E-state index < -0.39 is 5.97 Å². The van der Waals surface area contributed by atoms with Gasteiger partial charge in [0.2, 0.25) is 0 Å². The van der Waals surface area contributed by atoms with E-state index in [1.165, 1.54) is 0 Å². The fraction of sp³-hybridized carbons (Fsp3) is 0.500. The van der Waals surface area contributed by atoms with E-state index in [1.54, 1.807) is 6.07 Å². The van der Waals surface area contributed by atoms with E-state index in [2.05, 4.69) is 13.8 Å². The van der Waals surface area contributed by atoms with Crippen LogP contribution in [-0.2, 0) is 0 Å². The third-order valence-corrected chi connectivity index (χ3v) is 4.51. The highest BCUT2D eigenvalue weighted by Gasteiger charge is 2.20. The van der Waals surface area contributed by atoms with Gasteiger partial charge < -0.3 is 14.6 Å². The number of carboxylic acid groups (broad SMARTS) is 1. The topological polar surface area (TPSA) is 55.8 Å². The van der Waals surface area contributed by atoms with Crippen molar-refractivity contribution in [3.63, 3.8) is 0 Å². The Kier molecular flexibility index (Phi) is 7.76. The Morgan fingerprint density at radius 3 is 2.27 bits per heavy atom. The Labute approximate surface area is 156 Å². The Morgan fingerprint density at radius 2 is 1.65 bits per heavy atom. The van der Waals surface area contributed by atoms with Crippen molar-refractivity contribution in [1.82, 2.24) is 0 Å². The van der Waals surface area contributed by atoms with Gasteiger partial charge in [0.05, 0.1) is 13.2 Å². The molecule has 0 aliphatic rings. The molecule has 0 saturated heterocycles. The first-order valence-corrected chi connectivity index (χ1v) is 9.65. The number of rotatable bonds is 11. The lowest BCUT2D eigenvalue weighted by molar-refractivity contribution is 0.0692. The van der Waals surface area contributed by atoms with Crippen LogP contribution in [0.3, 0.4) is 0 Å². The number of hydrogen-bond acceptors (Lipinski definition) is 3. The lowest BCUT2D eigenvalue weighted by Gasteiger charge is -2.17. The van der Waals surface area contributed by atoms with Crippen LogP contribution in [0.25, 0.3) is 10.8 Å². The fourth-order valence-electron chi connectivity index (χ4n) is 3.09. The molecule has 1 N–H and O–H groups in total. The quantitative estimate of drug-likeness (QED) is 0.502. The highest BCUT2D eigenvalue weighted by molar-refractivity contribution is 6.04. The summed E-state index contributed by atoms with van der Waals surface area (Å²) >= 11 is 0. The number of ether oxygens (including phenoxy) is 2. The summed E-state index contributed by atoms with van der Waals surface area (Å²) in [5.41, 5.74) is 1.23. The highest BCUT2D eigenvalue weighted by Crippen LogP contribution is 2.39. The smallest absolute Gasteiger partial charge is 0.339 e. The van der Waals surface area contributed by atoms with Gasteiger partial charge in [0.1, 0.15) is 17.1 Å². The number of unbranched alkanes of at least 4 members (excludes halogenated alkanes) is 4. The maximum Gasteiger partial charge on any atom is 0.339 e. The minimum atomic E-state index is -0.989. The summed E-state index contributed by atoms with van der Waals surface area (Å²) in [5, 5.41) is 11.5. The zero-order valence-electron chi connectivity index (χ0n) is 16.1. The minimum Gasteiger partial charge on any atom is -0.493 e. The number of fused-ring (bicyclic) bond motifs is 1. The summed E-state index contributed by atoms with van der Waals surface area (Å²) in [7, 11) is 0. The second kappa shape index (κ2) is 10.0. The first kappa shape index (κ1) is 20.1. The second-order valence-electron chi connectivity index (χ2n) is 6.67. The molecular weight excluding hydrogens is 328 g/mol. The molecule has 0 aromatic heterocycles. The van der Waals surface area contributed by atoms with E-state index in [0.717, 1.165) is 54.9 Å². The third kappa shape index (κ3) is 4.90. The van der Waals surface area contributed by atoms with Crippen molar-refractivity contribution < 1.29 is 19.4 Å². The van der Waals surface area contributed by atoms with Crippen molar-refractivity contribution in [3.8, 4) is 11.5 Å². The number of hydrogen-bond donors (Lipinski definition) is 1. The van der Waals surface area contributed by atoms with Gasteiger partial charge in [-0.25, -0.2) is 4.79 Å². The maximum atomic E-state index is 11.8. The van der Waals surface area contributed by atoms with Crippen LogP contribution in [0, 0.1) is 6.92 Å². The Balaban J connectivity index is 2.44. The number of benzene rings is 2. The number of carbonyl (C=O) groups is 1. The van der Waals surface area contributed by atoms with Crippen molar-refractivity contribution >= 4 is 16.7 Å². The van der Waals surface area contributed by atoms with E-state index >= 15 is 0 Å². The molecule has 0 radical (unpaired) electrons. The molecule has 142 valence electrons. The van der Waals surface area contributed by atoms with Crippen molar-refractivity contribution in [1.29, 1.82) is 0 Å². The van der Waals surface area contributed by atoms with Gasteiger partial charge in [-0.3, -0.25) is 0 Å². The van der Waals surface area contributed by atoms with Crippen LogP contribution in [0.1, 0.15) is 68.3 Å². The summed E-state index contributed by atoms with van der Waals surface area (Å²) in [5.74, 6) is 0.0954. The normalized spacial score (nSPS) is 10.9. The molecule has 2 aromatic carbocycles. The molecule has 0 amide bonds. The van der Waals surface area contributed by atoms with Crippen LogP contribution in [0.15, 0.2) is 24.3 Å². The summed E-state index contributed by atoms with van der Waals surface area (Å²) in [4.78, 5) is 11.8. The van der Waals surface area contributed by atoms with E-state index in [4.69, 9.17) is 9.47 Å². The van der Waals surface area contributed by atoms with E-state index in [9.17, 15) is 9.90 Å². The van der Waals surface area contributed by atoms with Gasteiger partial charge in [0.15, 0.2) is 0 Å². The minimum absolute atomic E-state index is 0.171. The molecule has 4 nitrogen and oxygen atoms in total. The summed E-state index contributed by atoms with van der Waals surface area (Å²) < 4.78 is 11.9. The average Bonchev–Trinajstić information content (AvgIpc) is 2.62. The number of aryl methyl sites for hydroxylation is 1. The van der Waals surface area contributed by atoms with Gasteiger partial charge in [-0.2, -0.15) is 0 Å². The first-order chi connectivity index (χ1) is 12.6. The molecule has 0 saturated carbocycles. The Bertz CT molecular complexity index is 736. The predicted octanol–water partition coefficient (Wildman–Crippen LogP) is 5.98. The standard InChI is InChI=1S/C22H30O4/c1-4-6-8-13-25-19-15-18(22(23)24)21(26-14-9-7-5-2)17-12-10-11-16(3)20(17)19/h10-12,15H,4-9,13-14H2,1-3H3,(H,23,24). The first-order valence-electron chi connectivity index (χ1n) is 9.65. The third-order valence-electron chi connectivity index (χ3n) is 4.51. The predicted molar refractivity (Wildman–Crippen MR) is 106 cm³/mol. The van der Waals surface area contributed by atoms with Crippen molar-refractivity contribution in [3.05, 3.63) is 35.4 Å². The monoisotopic (exact) mass is 358 g/mol. The SMILES string of the molecule is CCCCCOc1c(C(=O)O)cc(OCCCCC)c2c(C)cccc12. The van der Waals surface area contributed by atoms with Gasteiger partial charge in [-0.15, -0.1) is 0 Å². The van der Waals surface area contributed by atoms with Crippen LogP contribution < -0.4 is 9.47 Å². The van der Waals surface area contributed by atoms with Gasteiger partial charge in [-0.1, -0.05) is 57.7 Å². The van der Waals surface area contributed by atoms with Crippen LogP contribution in [0.5, 0.6) is 11.5 Å². The maximum absolute atomic E-state index is 11.8. The van der Waals surface area contributed by atoms with Crippen LogP contribution in [0.2, 0.25) is 0 Å². The van der Waals surface area contributed by atoms with Gasteiger partial charge in [0.25, 0.3) is 0 Å². The van der Waals surface area contributed by atoms with Crippen molar-refractivity contribution in [2.24, 2.45) is 0 Å². The highest BCUT2D eigenvalue weighted by atomic mass is 16.5. The van der Waals surface area contributed by atoms with Crippen LogP contribution >= 0.6 is 0 Å². The lowest BCUT2D eigenvalue weighted by atomic mass is 10.00. The molecule has 0 atom stereocenters. The summed E-state index contributed by atoms with van der Waals surface area (Å²) in [6, 6.07) is 7.49. The largest absolute Gasteiger partial charge is 0.493 e. The molecule has 2 rings (SSSR count). The second-order valence-corrected chi connectivity index (χ2v) is 6.67. The Morgan fingerprint density at radius 1 is 1.00 bits per heavy atom. The van der Waals surface area contributed by atoms with Gasteiger partial charge >= 0.3 is 5.97 Å². The zero-order valence-corrected chi connectivity index (χ0v) is 16.1. The molecule has 0 aliphatic heterocycles. The van der Waals surface area contributed by atoms with Crippen LogP contribution in [0.4, 0.5) is 0 Å². The average molecular weight is 358 g/mol. The summed E-state index contributed by atoms with van der Waals surface area (Å²) in [6.45, 7) is 7.41. The van der Waals surface area contributed by atoms with E-state index in [0.29, 0.717) is 24.7 Å². The van der Waals surface area contributed by atoms with Crippen LogP contribution in [-0.4, -0.2) is 24.3 Å². The van der Waals surface area contributed by atoms with E-state index in [1.807, 2.05) is 25.1 Å². The molecule has 26 heavy (non-hydrogen) atoms. The number of aromatic carboxylic acids is 1. The molecule has 4 heteroatoms. The molecule has 2 aromatic rings. The molecular formula is C22H30O4. The van der Waals surface area contributed by atoms with Crippen molar-refractivity contribution in [2.45, 2.75) is 59.3 Å². The number of carboxylic acids is 1. The van der Waals surface area contributed by atoms with Crippen molar-refractivity contribution in [2.75, 3.05) is 13.2 Å². The fourth-order valence-corrected chi connectivity index (χ4v) is 3.09. The van der Waals surface area contributed by atoms with Gasteiger partial charge in [0, 0.05) is 10.8 Å². The Hall–Kier alpha value is -2.23.